The Morgan fingerprint density at radius 1 is 1.13 bits per heavy atom. The highest BCUT2D eigenvalue weighted by Gasteiger charge is 2.32. The largest absolute Gasteiger partial charge is 0.432 e. The average molecular weight is 403 g/mol. The standard InChI is InChI=1S/C23H25N5O2/c1-4-5-17-16-12-29-23(2,3)10-15(16)18-19-20(30-22(18)28-17)21(27-13-26-19)25-11-14-6-8-24-9-7-14/h6-9,13H,4-5,10-12H2,1-3H3,(H,25,26,27). The van der Waals surface area contributed by atoms with Gasteiger partial charge in [0.25, 0.3) is 0 Å². The van der Waals surface area contributed by atoms with Gasteiger partial charge in [-0.05, 0) is 43.5 Å². The van der Waals surface area contributed by atoms with E-state index in [2.05, 4.69) is 41.0 Å². The highest BCUT2D eigenvalue weighted by molar-refractivity contribution is 6.06. The van der Waals surface area contributed by atoms with Crippen LogP contribution < -0.4 is 5.32 Å². The predicted molar refractivity (Wildman–Crippen MR) is 115 cm³/mol. The van der Waals surface area contributed by atoms with Gasteiger partial charge in [-0.25, -0.2) is 15.0 Å². The molecule has 0 radical (unpaired) electrons. The number of hydrogen-bond donors (Lipinski definition) is 1. The van der Waals surface area contributed by atoms with Crippen molar-refractivity contribution in [3.63, 3.8) is 0 Å². The molecule has 1 aliphatic heterocycles. The van der Waals surface area contributed by atoms with Gasteiger partial charge in [-0.2, -0.15) is 0 Å². The van der Waals surface area contributed by atoms with Gasteiger partial charge in [0.15, 0.2) is 11.4 Å². The van der Waals surface area contributed by atoms with E-state index >= 15 is 0 Å². The van der Waals surface area contributed by atoms with Crippen LogP contribution in [0, 0.1) is 0 Å². The van der Waals surface area contributed by atoms with Crippen molar-refractivity contribution in [1.82, 2.24) is 19.9 Å². The molecule has 5 heterocycles. The van der Waals surface area contributed by atoms with Crippen molar-refractivity contribution in [2.24, 2.45) is 0 Å². The van der Waals surface area contributed by atoms with Crippen molar-refractivity contribution in [1.29, 1.82) is 0 Å². The predicted octanol–water partition coefficient (Wildman–Crippen LogP) is 4.58. The topological polar surface area (TPSA) is 86.0 Å². The van der Waals surface area contributed by atoms with Gasteiger partial charge in [0.05, 0.1) is 23.3 Å². The third kappa shape index (κ3) is 3.29. The Hall–Kier alpha value is -3.06. The Morgan fingerprint density at radius 3 is 2.77 bits per heavy atom. The van der Waals surface area contributed by atoms with E-state index in [1.165, 1.54) is 11.1 Å². The summed E-state index contributed by atoms with van der Waals surface area (Å²) in [7, 11) is 0. The zero-order chi connectivity index (χ0) is 20.7. The van der Waals surface area contributed by atoms with Crippen LogP contribution in [0.15, 0.2) is 35.3 Å². The maximum atomic E-state index is 6.24. The van der Waals surface area contributed by atoms with Crippen LogP contribution in [-0.2, 0) is 30.7 Å². The highest BCUT2D eigenvalue weighted by Crippen LogP contribution is 2.39. The molecule has 0 unspecified atom stereocenters. The smallest absolute Gasteiger partial charge is 0.229 e. The second-order valence-electron chi connectivity index (χ2n) is 8.38. The Bertz CT molecular complexity index is 1220. The van der Waals surface area contributed by atoms with Gasteiger partial charge in [-0.3, -0.25) is 4.98 Å². The molecule has 7 heteroatoms. The van der Waals surface area contributed by atoms with Crippen molar-refractivity contribution < 1.29 is 9.15 Å². The number of pyridine rings is 2. The summed E-state index contributed by atoms with van der Waals surface area (Å²) >= 11 is 0. The SMILES string of the molecule is CCCc1nc2oc3c(NCc4ccncc4)ncnc3c2c2c1COC(C)(C)C2. The molecule has 154 valence electrons. The monoisotopic (exact) mass is 403 g/mol. The number of aromatic nitrogens is 4. The molecule has 0 amide bonds. The second-order valence-corrected chi connectivity index (χ2v) is 8.38. The summed E-state index contributed by atoms with van der Waals surface area (Å²) in [6.07, 6.45) is 7.87. The lowest BCUT2D eigenvalue weighted by Crippen LogP contribution is -2.32. The summed E-state index contributed by atoms with van der Waals surface area (Å²) in [5.41, 5.74) is 6.48. The number of nitrogens with zero attached hydrogens (tertiary/aromatic N) is 4. The molecular formula is C23H25N5O2. The third-order valence-electron chi connectivity index (χ3n) is 5.61. The van der Waals surface area contributed by atoms with Gasteiger partial charge in [-0.15, -0.1) is 0 Å². The third-order valence-corrected chi connectivity index (χ3v) is 5.61. The normalized spacial score (nSPS) is 15.4. The molecule has 0 saturated carbocycles. The first-order valence-electron chi connectivity index (χ1n) is 10.4. The van der Waals surface area contributed by atoms with E-state index < -0.39 is 0 Å². The number of nitrogens with one attached hydrogen (secondary N) is 1. The van der Waals surface area contributed by atoms with Crippen LogP contribution in [-0.4, -0.2) is 25.5 Å². The molecular weight excluding hydrogens is 378 g/mol. The van der Waals surface area contributed by atoms with Crippen molar-refractivity contribution in [2.45, 2.75) is 58.8 Å². The Morgan fingerprint density at radius 2 is 1.97 bits per heavy atom. The Labute approximate surface area is 174 Å². The minimum atomic E-state index is -0.232. The van der Waals surface area contributed by atoms with Crippen molar-refractivity contribution in [3.05, 3.63) is 53.2 Å². The average Bonchev–Trinajstić information content (AvgIpc) is 3.11. The lowest BCUT2D eigenvalue weighted by atomic mass is 9.88. The molecule has 5 rings (SSSR count). The molecule has 30 heavy (non-hydrogen) atoms. The number of hydrogen-bond acceptors (Lipinski definition) is 7. The van der Waals surface area contributed by atoms with Crippen molar-refractivity contribution >= 4 is 28.0 Å². The molecule has 0 atom stereocenters. The van der Waals surface area contributed by atoms with Crippen molar-refractivity contribution in [2.75, 3.05) is 5.32 Å². The van der Waals surface area contributed by atoms with E-state index in [1.807, 2.05) is 12.1 Å². The molecule has 4 aromatic heterocycles. The fraction of sp³-hybridized carbons (Fsp3) is 0.391. The molecule has 1 N–H and O–H groups in total. The van der Waals surface area contributed by atoms with E-state index in [-0.39, 0.29) is 5.60 Å². The molecule has 0 aromatic carbocycles. The van der Waals surface area contributed by atoms with Gasteiger partial charge >= 0.3 is 0 Å². The highest BCUT2D eigenvalue weighted by atomic mass is 16.5. The van der Waals surface area contributed by atoms with E-state index in [1.54, 1.807) is 18.7 Å². The summed E-state index contributed by atoms with van der Waals surface area (Å²) in [4.78, 5) is 18.0. The number of ether oxygens (including phenoxy) is 1. The molecule has 7 nitrogen and oxygen atoms in total. The van der Waals surface area contributed by atoms with E-state index in [0.29, 0.717) is 30.3 Å². The van der Waals surface area contributed by atoms with E-state index in [4.69, 9.17) is 14.1 Å². The van der Waals surface area contributed by atoms with Crippen LogP contribution in [0.1, 0.15) is 49.6 Å². The Kier molecular flexibility index (Phi) is 4.62. The quantitative estimate of drug-likeness (QED) is 0.522. The Balaban J connectivity index is 1.65. The van der Waals surface area contributed by atoms with Gasteiger partial charge in [0.2, 0.25) is 5.71 Å². The summed E-state index contributed by atoms with van der Waals surface area (Å²) in [5, 5.41) is 4.37. The van der Waals surface area contributed by atoms with Gasteiger partial charge in [0.1, 0.15) is 11.8 Å². The van der Waals surface area contributed by atoms with Crippen molar-refractivity contribution in [3.8, 4) is 0 Å². The van der Waals surface area contributed by atoms with Crippen LogP contribution in [0.3, 0.4) is 0 Å². The molecule has 0 aliphatic carbocycles. The zero-order valence-corrected chi connectivity index (χ0v) is 17.5. The lowest BCUT2D eigenvalue weighted by Gasteiger charge is -2.33. The molecule has 0 spiro atoms. The summed E-state index contributed by atoms with van der Waals surface area (Å²) in [6.45, 7) is 7.61. The second kappa shape index (κ2) is 7.32. The number of fused-ring (bicyclic) bond motifs is 5. The van der Waals surface area contributed by atoms with Crippen LogP contribution >= 0.6 is 0 Å². The van der Waals surface area contributed by atoms with Crippen LogP contribution in [0.25, 0.3) is 22.2 Å². The maximum Gasteiger partial charge on any atom is 0.229 e. The minimum Gasteiger partial charge on any atom is -0.432 e. The summed E-state index contributed by atoms with van der Waals surface area (Å²) < 4.78 is 12.3. The lowest BCUT2D eigenvalue weighted by molar-refractivity contribution is -0.0401. The molecule has 4 aromatic rings. The van der Waals surface area contributed by atoms with Gasteiger partial charge < -0.3 is 14.5 Å². The van der Waals surface area contributed by atoms with E-state index in [0.717, 1.165) is 41.4 Å². The first-order valence-corrected chi connectivity index (χ1v) is 10.4. The minimum absolute atomic E-state index is 0.232. The fourth-order valence-electron chi connectivity index (χ4n) is 4.13. The fourth-order valence-corrected chi connectivity index (χ4v) is 4.13. The van der Waals surface area contributed by atoms with Gasteiger partial charge in [-0.1, -0.05) is 13.3 Å². The number of rotatable bonds is 5. The molecule has 1 aliphatic rings. The van der Waals surface area contributed by atoms with Crippen LogP contribution in [0.5, 0.6) is 0 Å². The number of aryl methyl sites for hydroxylation is 1. The van der Waals surface area contributed by atoms with E-state index in [9.17, 15) is 0 Å². The number of furan rings is 1. The number of anilines is 1. The molecule has 0 saturated heterocycles. The maximum absolute atomic E-state index is 6.24. The first kappa shape index (κ1) is 18.9. The summed E-state index contributed by atoms with van der Waals surface area (Å²) in [5.74, 6) is 0.673. The molecule has 0 bridgehead atoms. The zero-order valence-electron chi connectivity index (χ0n) is 17.5. The van der Waals surface area contributed by atoms with Crippen LogP contribution in [0.2, 0.25) is 0 Å². The van der Waals surface area contributed by atoms with Crippen LogP contribution in [0.4, 0.5) is 5.82 Å². The molecule has 0 fully saturated rings. The van der Waals surface area contributed by atoms with Gasteiger partial charge in [0, 0.05) is 30.9 Å². The summed E-state index contributed by atoms with van der Waals surface area (Å²) in [6, 6.07) is 3.95. The first-order chi connectivity index (χ1) is 14.6.